The van der Waals surface area contributed by atoms with Gasteiger partial charge in [-0.15, -0.1) is 0 Å². The second kappa shape index (κ2) is 8.09. The molecular formula is C18H25N3O4. The molecule has 0 spiro atoms. The van der Waals surface area contributed by atoms with E-state index in [0.29, 0.717) is 38.5 Å². The molecule has 0 bridgehead atoms. The van der Waals surface area contributed by atoms with Crippen molar-refractivity contribution in [2.45, 2.75) is 32.2 Å². The zero-order valence-corrected chi connectivity index (χ0v) is 14.5. The molecule has 0 radical (unpaired) electrons. The molecule has 2 N–H and O–H groups in total. The largest absolute Gasteiger partial charge is 0.486 e. The first-order chi connectivity index (χ1) is 12.1. The lowest BCUT2D eigenvalue weighted by atomic mass is 10.1. The Labute approximate surface area is 147 Å². The van der Waals surface area contributed by atoms with E-state index in [-0.39, 0.29) is 18.0 Å². The quantitative estimate of drug-likeness (QED) is 0.770. The van der Waals surface area contributed by atoms with Gasteiger partial charge >= 0.3 is 6.03 Å². The van der Waals surface area contributed by atoms with Gasteiger partial charge in [-0.1, -0.05) is 6.07 Å². The van der Waals surface area contributed by atoms with Crippen LogP contribution in [0.5, 0.6) is 11.5 Å². The summed E-state index contributed by atoms with van der Waals surface area (Å²) in [5, 5.41) is 5.75. The number of hydrogen-bond acceptors (Lipinski definition) is 4. The van der Waals surface area contributed by atoms with Crippen LogP contribution in [-0.2, 0) is 4.79 Å². The normalized spacial score (nSPS) is 17.3. The lowest BCUT2D eigenvalue weighted by Crippen LogP contribution is -2.38. The van der Waals surface area contributed by atoms with Gasteiger partial charge < -0.3 is 25.0 Å². The van der Waals surface area contributed by atoms with Crippen LogP contribution in [0.3, 0.4) is 0 Å². The van der Waals surface area contributed by atoms with Crippen LogP contribution in [0.4, 0.5) is 4.79 Å². The van der Waals surface area contributed by atoms with Crippen LogP contribution >= 0.6 is 0 Å². The van der Waals surface area contributed by atoms with Crippen LogP contribution in [0.1, 0.15) is 37.8 Å². The van der Waals surface area contributed by atoms with Crippen molar-refractivity contribution < 1.29 is 19.1 Å². The minimum atomic E-state index is -0.213. The van der Waals surface area contributed by atoms with Crippen molar-refractivity contribution in [3.8, 4) is 11.5 Å². The summed E-state index contributed by atoms with van der Waals surface area (Å²) in [4.78, 5) is 25.4. The van der Waals surface area contributed by atoms with Gasteiger partial charge in [0.25, 0.3) is 0 Å². The number of hydrogen-bond donors (Lipinski definition) is 2. The van der Waals surface area contributed by atoms with Crippen molar-refractivity contribution in [2.75, 3.05) is 32.8 Å². The molecule has 2 aliphatic heterocycles. The molecule has 1 unspecified atom stereocenters. The molecule has 25 heavy (non-hydrogen) atoms. The Morgan fingerprint density at radius 1 is 1.28 bits per heavy atom. The maximum atomic E-state index is 12.0. The standard InChI is InChI=1S/C18H25N3O4/c1-13(14-5-6-15-16(12-14)25-11-10-24-15)20-18(23)19-7-3-9-21-8-2-4-17(21)22/h5-6,12-13H,2-4,7-11H2,1H3,(H2,19,20,23). The molecule has 1 atom stereocenters. The fourth-order valence-corrected chi connectivity index (χ4v) is 3.07. The van der Waals surface area contributed by atoms with Crippen LogP contribution in [0.2, 0.25) is 0 Å². The summed E-state index contributed by atoms with van der Waals surface area (Å²) in [6, 6.07) is 5.34. The Balaban J connectivity index is 1.40. The molecule has 7 nitrogen and oxygen atoms in total. The van der Waals surface area contributed by atoms with E-state index >= 15 is 0 Å². The molecule has 3 amide bonds. The highest BCUT2D eigenvalue weighted by Gasteiger charge is 2.19. The molecule has 0 saturated carbocycles. The van der Waals surface area contributed by atoms with E-state index in [2.05, 4.69) is 10.6 Å². The summed E-state index contributed by atoms with van der Waals surface area (Å²) in [6.07, 6.45) is 2.36. The maximum absolute atomic E-state index is 12.0. The number of urea groups is 1. The van der Waals surface area contributed by atoms with Crippen LogP contribution in [0.25, 0.3) is 0 Å². The number of carbonyl (C=O) groups is 2. The number of amides is 3. The second-order valence-corrected chi connectivity index (χ2v) is 6.36. The third kappa shape index (κ3) is 4.55. The lowest BCUT2D eigenvalue weighted by molar-refractivity contribution is -0.127. The molecule has 1 fully saturated rings. The van der Waals surface area contributed by atoms with Gasteiger partial charge in [-0.25, -0.2) is 4.79 Å². The number of carbonyl (C=O) groups excluding carboxylic acids is 2. The van der Waals surface area contributed by atoms with Crippen LogP contribution < -0.4 is 20.1 Å². The summed E-state index contributed by atoms with van der Waals surface area (Å²) in [5.74, 6) is 1.67. The number of benzene rings is 1. The highest BCUT2D eigenvalue weighted by Crippen LogP contribution is 2.32. The number of ether oxygens (including phenoxy) is 2. The third-order valence-corrected chi connectivity index (χ3v) is 4.48. The second-order valence-electron chi connectivity index (χ2n) is 6.36. The van der Waals surface area contributed by atoms with E-state index in [9.17, 15) is 9.59 Å². The topological polar surface area (TPSA) is 79.9 Å². The van der Waals surface area contributed by atoms with Crippen molar-refractivity contribution in [3.63, 3.8) is 0 Å². The van der Waals surface area contributed by atoms with Crippen LogP contribution in [-0.4, -0.2) is 49.7 Å². The molecule has 0 aromatic heterocycles. The Morgan fingerprint density at radius 3 is 2.84 bits per heavy atom. The van der Waals surface area contributed by atoms with Crippen molar-refractivity contribution in [1.82, 2.24) is 15.5 Å². The zero-order valence-electron chi connectivity index (χ0n) is 14.5. The first-order valence-corrected chi connectivity index (χ1v) is 8.85. The zero-order chi connectivity index (χ0) is 17.6. The summed E-state index contributed by atoms with van der Waals surface area (Å²) < 4.78 is 11.1. The van der Waals surface area contributed by atoms with Gasteiger partial charge in [0.15, 0.2) is 11.5 Å². The van der Waals surface area contributed by atoms with Gasteiger partial charge in [-0.05, 0) is 37.5 Å². The van der Waals surface area contributed by atoms with Gasteiger partial charge in [0.05, 0.1) is 6.04 Å². The Morgan fingerprint density at radius 2 is 2.08 bits per heavy atom. The number of rotatable bonds is 6. The third-order valence-electron chi connectivity index (χ3n) is 4.48. The fourth-order valence-electron chi connectivity index (χ4n) is 3.07. The monoisotopic (exact) mass is 347 g/mol. The Kier molecular flexibility index (Phi) is 5.63. The Bertz CT molecular complexity index is 635. The maximum Gasteiger partial charge on any atom is 0.315 e. The van der Waals surface area contributed by atoms with Gasteiger partial charge in [-0.3, -0.25) is 4.79 Å². The summed E-state index contributed by atoms with van der Waals surface area (Å²) in [7, 11) is 0. The molecule has 2 aliphatic rings. The fraction of sp³-hybridized carbons (Fsp3) is 0.556. The number of nitrogens with one attached hydrogen (secondary N) is 2. The average molecular weight is 347 g/mol. The van der Waals surface area contributed by atoms with E-state index in [1.54, 1.807) is 0 Å². The Hall–Kier alpha value is -2.44. The van der Waals surface area contributed by atoms with Gasteiger partial charge in [0.1, 0.15) is 13.2 Å². The predicted octanol–water partition coefficient (Wildman–Crippen LogP) is 1.83. The van der Waals surface area contributed by atoms with Gasteiger partial charge in [0.2, 0.25) is 5.91 Å². The smallest absolute Gasteiger partial charge is 0.315 e. The van der Waals surface area contributed by atoms with E-state index in [4.69, 9.17) is 9.47 Å². The van der Waals surface area contributed by atoms with Gasteiger partial charge in [0, 0.05) is 26.1 Å². The minimum absolute atomic E-state index is 0.143. The number of fused-ring (bicyclic) bond motifs is 1. The van der Waals surface area contributed by atoms with Crippen molar-refractivity contribution in [2.24, 2.45) is 0 Å². The molecular weight excluding hydrogens is 322 g/mol. The van der Waals surface area contributed by atoms with Crippen molar-refractivity contribution in [3.05, 3.63) is 23.8 Å². The first kappa shape index (κ1) is 17.4. The SMILES string of the molecule is CC(NC(=O)NCCCN1CCCC1=O)c1ccc2c(c1)OCCO2. The van der Waals surface area contributed by atoms with Crippen molar-refractivity contribution in [1.29, 1.82) is 0 Å². The first-order valence-electron chi connectivity index (χ1n) is 8.85. The number of nitrogens with zero attached hydrogens (tertiary/aromatic N) is 1. The van der Waals surface area contributed by atoms with E-state index in [1.807, 2.05) is 30.0 Å². The minimum Gasteiger partial charge on any atom is -0.486 e. The molecule has 1 saturated heterocycles. The van der Waals surface area contributed by atoms with E-state index in [1.165, 1.54) is 0 Å². The highest BCUT2D eigenvalue weighted by molar-refractivity contribution is 5.78. The van der Waals surface area contributed by atoms with Crippen molar-refractivity contribution >= 4 is 11.9 Å². The van der Waals surface area contributed by atoms with E-state index in [0.717, 1.165) is 30.7 Å². The summed E-state index contributed by atoms with van der Waals surface area (Å²) >= 11 is 0. The van der Waals surface area contributed by atoms with Crippen LogP contribution in [0, 0.1) is 0 Å². The molecule has 3 rings (SSSR count). The molecule has 0 aliphatic carbocycles. The lowest BCUT2D eigenvalue weighted by Gasteiger charge is -2.21. The molecule has 1 aromatic rings. The molecule has 7 heteroatoms. The summed E-state index contributed by atoms with van der Waals surface area (Å²) in [6.45, 7) is 5.12. The highest BCUT2D eigenvalue weighted by atomic mass is 16.6. The summed E-state index contributed by atoms with van der Waals surface area (Å²) in [5.41, 5.74) is 0.960. The molecule has 2 heterocycles. The molecule has 1 aromatic carbocycles. The van der Waals surface area contributed by atoms with E-state index < -0.39 is 0 Å². The van der Waals surface area contributed by atoms with Gasteiger partial charge in [-0.2, -0.15) is 0 Å². The molecule has 136 valence electrons. The average Bonchev–Trinajstić information content (AvgIpc) is 3.03. The number of likely N-dealkylation sites (tertiary alicyclic amines) is 1. The van der Waals surface area contributed by atoms with Crippen LogP contribution in [0.15, 0.2) is 18.2 Å². The predicted molar refractivity (Wildman–Crippen MR) is 92.8 cm³/mol.